The van der Waals surface area contributed by atoms with E-state index < -0.39 is 35.1 Å². The molecule has 198 valence electrons. The third kappa shape index (κ3) is 5.88. The van der Waals surface area contributed by atoms with Crippen LogP contribution in [0.4, 0.5) is 26.3 Å². The zero-order valence-corrected chi connectivity index (χ0v) is 20.1. The highest BCUT2D eigenvalue weighted by molar-refractivity contribution is 5.35. The Morgan fingerprint density at radius 3 is 2.11 bits per heavy atom. The highest BCUT2D eigenvalue weighted by Crippen LogP contribution is 2.40. The topological polar surface area (TPSA) is 42.5 Å². The summed E-state index contributed by atoms with van der Waals surface area (Å²) in [6, 6.07) is 11.1. The minimum atomic E-state index is -4.91. The monoisotopic (exact) mass is 516 g/mol. The largest absolute Gasteiger partial charge is 0.416 e. The van der Waals surface area contributed by atoms with E-state index in [1.165, 1.54) is 6.92 Å². The first-order valence-corrected chi connectivity index (χ1v) is 12.0. The Morgan fingerprint density at radius 1 is 0.972 bits per heavy atom. The van der Waals surface area contributed by atoms with E-state index >= 15 is 0 Å². The molecule has 2 saturated heterocycles. The summed E-state index contributed by atoms with van der Waals surface area (Å²) in [7, 11) is 0. The maximum Gasteiger partial charge on any atom is 0.416 e. The van der Waals surface area contributed by atoms with Gasteiger partial charge in [0.2, 0.25) is 0 Å². The molecule has 2 fully saturated rings. The first-order chi connectivity index (χ1) is 16.8. The number of hydrogen-bond acceptors (Lipinski definition) is 4. The van der Waals surface area contributed by atoms with E-state index in [9.17, 15) is 26.3 Å². The third-order valence-electron chi connectivity index (χ3n) is 7.29. The van der Waals surface area contributed by atoms with Crippen molar-refractivity contribution in [2.45, 2.75) is 75.2 Å². The van der Waals surface area contributed by atoms with Gasteiger partial charge in [0.15, 0.2) is 0 Å². The number of hydrogen-bond donors (Lipinski definition) is 2. The van der Waals surface area contributed by atoms with E-state index in [1.807, 2.05) is 37.3 Å². The number of benzene rings is 2. The molecule has 0 aromatic heterocycles. The molecule has 2 heterocycles. The summed E-state index contributed by atoms with van der Waals surface area (Å²) in [5, 5.41) is 3.57. The Bertz CT molecular complexity index is 991. The second-order valence-electron chi connectivity index (χ2n) is 9.94. The van der Waals surface area contributed by atoms with Crippen LogP contribution in [0.15, 0.2) is 48.5 Å². The third-order valence-corrected chi connectivity index (χ3v) is 7.29. The van der Waals surface area contributed by atoms with E-state index in [-0.39, 0.29) is 29.9 Å². The van der Waals surface area contributed by atoms with E-state index in [0.29, 0.717) is 13.0 Å². The van der Waals surface area contributed by atoms with Crippen LogP contribution in [0.25, 0.3) is 0 Å². The van der Waals surface area contributed by atoms with Crippen molar-refractivity contribution in [3.8, 4) is 0 Å². The number of rotatable bonds is 5. The molecular weight excluding hydrogens is 486 g/mol. The standard InChI is InChI=1S/C26H30F6N2O2/c1-17-8-9-23(34-36-17)10-11-24(33-15-23,20-6-4-3-5-7-20)16-35-18(2)19-12-21(25(27,28)29)14-22(13-19)26(30,31)32/h3-7,12-14,17-18,33-34H,8-11,15-16H2,1-2H3/t17?,18-,23?,24-/m1/s1. The molecule has 1 spiro atoms. The van der Waals surface area contributed by atoms with Crippen LogP contribution < -0.4 is 10.8 Å². The molecule has 2 unspecified atom stereocenters. The molecule has 2 aliphatic rings. The highest BCUT2D eigenvalue weighted by atomic mass is 19.4. The van der Waals surface area contributed by atoms with E-state index in [1.54, 1.807) is 0 Å². The maximum absolute atomic E-state index is 13.3. The molecule has 36 heavy (non-hydrogen) atoms. The fourth-order valence-electron chi connectivity index (χ4n) is 4.87. The van der Waals surface area contributed by atoms with Crippen molar-refractivity contribution in [1.82, 2.24) is 10.8 Å². The Balaban J connectivity index is 1.56. The number of alkyl halides is 6. The summed E-state index contributed by atoms with van der Waals surface area (Å²) >= 11 is 0. The van der Waals surface area contributed by atoms with E-state index in [0.717, 1.165) is 37.0 Å². The quantitative estimate of drug-likeness (QED) is 0.444. The van der Waals surface area contributed by atoms with Crippen LogP contribution in [0, 0.1) is 0 Å². The van der Waals surface area contributed by atoms with Crippen molar-refractivity contribution in [1.29, 1.82) is 0 Å². The molecule has 0 amide bonds. The van der Waals surface area contributed by atoms with Gasteiger partial charge in [-0.2, -0.15) is 31.8 Å². The zero-order valence-electron chi connectivity index (χ0n) is 20.1. The lowest BCUT2D eigenvalue weighted by atomic mass is 9.74. The Labute approximate surface area is 206 Å². The lowest BCUT2D eigenvalue weighted by molar-refractivity contribution is -0.143. The summed E-state index contributed by atoms with van der Waals surface area (Å²) in [4.78, 5) is 5.67. The average Bonchev–Trinajstić information content (AvgIpc) is 2.85. The van der Waals surface area contributed by atoms with Gasteiger partial charge < -0.3 is 10.1 Å². The fourth-order valence-corrected chi connectivity index (χ4v) is 4.87. The summed E-state index contributed by atoms with van der Waals surface area (Å²) in [6.45, 7) is 4.12. The first-order valence-electron chi connectivity index (χ1n) is 12.0. The number of piperidine rings is 1. The van der Waals surface area contributed by atoms with Gasteiger partial charge in [0, 0.05) is 6.54 Å². The average molecular weight is 517 g/mol. The van der Waals surface area contributed by atoms with Crippen LogP contribution in [0.3, 0.4) is 0 Å². The van der Waals surface area contributed by atoms with Gasteiger partial charge in [-0.05, 0) is 68.9 Å². The number of halogens is 6. The molecule has 0 aliphatic carbocycles. The van der Waals surface area contributed by atoms with Crippen LogP contribution in [-0.4, -0.2) is 24.8 Å². The van der Waals surface area contributed by atoms with Crippen LogP contribution in [0.5, 0.6) is 0 Å². The molecule has 2 aliphatic heterocycles. The molecule has 0 saturated carbocycles. The minimum absolute atomic E-state index is 0.0725. The minimum Gasteiger partial charge on any atom is -0.372 e. The second-order valence-corrected chi connectivity index (χ2v) is 9.94. The summed E-state index contributed by atoms with van der Waals surface area (Å²) in [5.74, 6) is 0. The molecule has 2 N–H and O–H groups in total. The Morgan fingerprint density at radius 2 is 1.61 bits per heavy atom. The van der Waals surface area contributed by atoms with Gasteiger partial charge in [-0.15, -0.1) is 0 Å². The molecule has 4 rings (SSSR count). The van der Waals surface area contributed by atoms with E-state index in [4.69, 9.17) is 9.57 Å². The van der Waals surface area contributed by atoms with Crippen molar-refractivity contribution in [2.75, 3.05) is 13.2 Å². The molecule has 2 aromatic rings. The molecule has 0 bridgehead atoms. The predicted molar refractivity (Wildman–Crippen MR) is 122 cm³/mol. The van der Waals surface area contributed by atoms with Gasteiger partial charge in [0.05, 0.1) is 41.0 Å². The van der Waals surface area contributed by atoms with Crippen molar-refractivity contribution >= 4 is 0 Å². The SMILES string of the molecule is CC1CCC2(CC[C@@](CO[C@H](C)c3cc(C(F)(F)F)cc(C(F)(F)F)c3)(c3ccccc3)NC2)NO1. The van der Waals surface area contributed by atoms with Gasteiger partial charge in [-0.3, -0.25) is 4.84 Å². The van der Waals surface area contributed by atoms with Crippen molar-refractivity contribution in [2.24, 2.45) is 0 Å². The lowest BCUT2D eigenvalue weighted by Crippen LogP contribution is -2.65. The molecule has 2 aromatic carbocycles. The summed E-state index contributed by atoms with van der Waals surface area (Å²) in [5.41, 5.74) is 0.362. The van der Waals surface area contributed by atoms with Gasteiger partial charge >= 0.3 is 12.4 Å². The van der Waals surface area contributed by atoms with Gasteiger partial charge in [0.25, 0.3) is 0 Å². The molecule has 4 atom stereocenters. The smallest absolute Gasteiger partial charge is 0.372 e. The molecule has 10 heteroatoms. The molecule has 0 radical (unpaired) electrons. The number of ether oxygens (including phenoxy) is 1. The predicted octanol–water partition coefficient (Wildman–Crippen LogP) is 6.52. The van der Waals surface area contributed by atoms with Gasteiger partial charge in [0.1, 0.15) is 0 Å². The van der Waals surface area contributed by atoms with E-state index in [2.05, 4.69) is 10.8 Å². The number of nitrogens with one attached hydrogen (secondary N) is 2. The normalized spacial score (nSPS) is 28.3. The van der Waals surface area contributed by atoms with Gasteiger partial charge in [-0.25, -0.2) is 0 Å². The molecule has 4 nitrogen and oxygen atoms in total. The second kappa shape index (κ2) is 9.96. The fraction of sp³-hybridized carbons (Fsp3) is 0.538. The van der Waals surface area contributed by atoms with Crippen molar-refractivity contribution in [3.05, 3.63) is 70.8 Å². The van der Waals surface area contributed by atoms with Crippen LogP contribution in [0.1, 0.15) is 67.9 Å². The zero-order chi connectivity index (χ0) is 26.2. The highest BCUT2D eigenvalue weighted by Gasteiger charge is 2.46. The van der Waals surface area contributed by atoms with Gasteiger partial charge in [-0.1, -0.05) is 30.3 Å². The molecular formula is C26H30F6N2O2. The summed E-state index contributed by atoms with van der Waals surface area (Å²) in [6.07, 6.45) is -7.45. The Hall–Kier alpha value is -2.14. The number of hydroxylamine groups is 1. The van der Waals surface area contributed by atoms with Crippen LogP contribution in [-0.2, 0) is 27.5 Å². The Kier molecular flexibility index (Phi) is 7.45. The van der Waals surface area contributed by atoms with Crippen LogP contribution >= 0.6 is 0 Å². The van der Waals surface area contributed by atoms with Crippen molar-refractivity contribution < 1.29 is 35.9 Å². The first kappa shape index (κ1) is 26.9. The summed E-state index contributed by atoms with van der Waals surface area (Å²) < 4.78 is 85.9. The van der Waals surface area contributed by atoms with Crippen LogP contribution in [0.2, 0.25) is 0 Å². The maximum atomic E-state index is 13.3. The lowest BCUT2D eigenvalue weighted by Gasteiger charge is -2.50. The van der Waals surface area contributed by atoms with Crippen molar-refractivity contribution in [3.63, 3.8) is 0 Å².